The number of halogens is 2. The highest BCUT2D eigenvalue weighted by atomic mass is 35.5. The van der Waals surface area contributed by atoms with Crippen LogP contribution in [-0.4, -0.2) is 78.3 Å². The Bertz CT molecular complexity index is 1040. The smallest absolute Gasteiger partial charge is 0.260 e. The zero-order chi connectivity index (χ0) is 24.1. The molecule has 2 aromatic rings. The van der Waals surface area contributed by atoms with Gasteiger partial charge in [-0.1, -0.05) is 29.8 Å². The average Bonchev–Trinajstić information content (AvgIpc) is 2.87. The van der Waals surface area contributed by atoms with Gasteiger partial charge in [-0.25, -0.2) is 4.39 Å². The summed E-state index contributed by atoms with van der Waals surface area (Å²) in [5.41, 5.74) is 0.260. The molecule has 2 aliphatic rings. The normalized spacial score (nSPS) is 16.9. The molecule has 2 heterocycles. The van der Waals surface area contributed by atoms with E-state index < -0.39 is 5.82 Å². The van der Waals surface area contributed by atoms with E-state index in [1.807, 2.05) is 18.2 Å². The fraction of sp³-hybridized carbons (Fsp3) is 0.400. The van der Waals surface area contributed by atoms with E-state index in [0.29, 0.717) is 57.9 Å². The number of ether oxygens (including phenoxy) is 1. The second kappa shape index (κ2) is 10.9. The molecule has 2 aliphatic heterocycles. The minimum absolute atomic E-state index is 0.0172. The number of hydrogen-bond acceptors (Lipinski definition) is 4. The Kier molecular flexibility index (Phi) is 7.67. The van der Waals surface area contributed by atoms with Gasteiger partial charge in [0.2, 0.25) is 5.91 Å². The third kappa shape index (κ3) is 5.67. The average molecular weight is 488 g/mol. The number of hydrogen-bond donors (Lipinski definition) is 0. The van der Waals surface area contributed by atoms with Crippen LogP contribution in [0.3, 0.4) is 0 Å². The fourth-order valence-electron chi connectivity index (χ4n) is 4.35. The van der Waals surface area contributed by atoms with Gasteiger partial charge >= 0.3 is 0 Å². The minimum atomic E-state index is -0.492. The Hall–Kier alpha value is -3.13. The van der Waals surface area contributed by atoms with Crippen molar-refractivity contribution >= 4 is 29.3 Å². The molecule has 0 spiro atoms. The van der Waals surface area contributed by atoms with Crippen molar-refractivity contribution in [2.75, 3.05) is 45.9 Å². The van der Waals surface area contributed by atoms with E-state index >= 15 is 0 Å². The maximum Gasteiger partial charge on any atom is 0.260 e. The number of rotatable bonds is 5. The molecule has 0 unspecified atom stereocenters. The number of piperidine rings is 1. The van der Waals surface area contributed by atoms with Gasteiger partial charge in [0.25, 0.3) is 11.8 Å². The number of likely N-dealkylation sites (tertiary alicyclic amines) is 1. The molecule has 0 aromatic heterocycles. The molecule has 0 radical (unpaired) electrons. The number of piperazine rings is 1. The van der Waals surface area contributed by atoms with Crippen LogP contribution in [0.15, 0.2) is 48.5 Å². The zero-order valence-electron chi connectivity index (χ0n) is 18.8. The first-order valence-corrected chi connectivity index (χ1v) is 11.8. The number of carbonyl (C=O) groups excluding carboxylic acids is 3. The summed E-state index contributed by atoms with van der Waals surface area (Å²) in [4.78, 5) is 43.3. The van der Waals surface area contributed by atoms with Crippen molar-refractivity contribution in [1.29, 1.82) is 0 Å². The van der Waals surface area contributed by atoms with Crippen LogP contribution in [0.25, 0.3) is 0 Å². The van der Waals surface area contributed by atoms with Crippen molar-refractivity contribution < 1.29 is 23.5 Å². The lowest BCUT2D eigenvalue weighted by molar-refractivity contribution is -0.142. The van der Waals surface area contributed by atoms with Crippen LogP contribution in [0.4, 0.5) is 4.39 Å². The standard InChI is InChI=1S/C25H27ClFN3O4/c26-22-16-19(27)6-7-21(22)25(33)30-14-12-29(13-15-30)24(32)18-8-10-28(11-9-18)23(31)17-34-20-4-2-1-3-5-20/h1-7,16,18H,8-15,17H2. The molecular weight excluding hydrogens is 461 g/mol. The lowest BCUT2D eigenvalue weighted by atomic mass is 9.95. The van der Waals surface area contributed by atoms with Crippen LogP contribution < -0.4 is 4.74 Å². The topological polar surface area (TPSA) is 70.2 Å². The van der Waals surface area contributed by atoms with Crippen LogP contribution >= 0.6 is 11.6 Å². The van der Waals surface area contributed by atoms with Crippen LogP contribution in [0.5, 0.6) is 5.75 Å². The highest BCUT2D eigenvalue weighted by molar-refractivity contribution is 6.33. The highest BCUT2D eigenvalue weighted by Gasteiger charge is 2.33. The third-order valence-electron chi connectivity index (χ3n) is 6.34. The van der Waals surface area contributed by atoms with E-state index in [2.05, 4.69) is 0 Å². The van der Waals surface area contributed by atoms with Gasteiger partial charge in [0.15, 0.2) is 6.61 Å². The molecule has 2 fully saturated rings. The van der Waals surface area contributed by atoms with Crippen molar-refractivity contribution in [3.63, 3.8) is 0 Å². The van der Waals surface area contributed by atoms with Gasteiger partial charge < -0.3 is 19.4 Å². The summed E-state index contributed by atoms with van der Waals surface area (Å²) in [6, 6.07) is 12.9. The quantitative estimate of drug-likeness (QED) is 0.650. The number of nitrogens with zero attached hydrogens (tertiary/aromatic N) is 3. The molecule has 0 atom stereocenters. The molecule has 0 saturated carbocycles. The van der Waals surface area contributed by atoms with E-state index in [0.717, 1.165) is 6.07 Å². The van der Waals surface area contributed by atoms with Gasteiger partial charge in [-0.3, -0.25) is 14.4 Å². The molecule has 3 amide bonds. The molecule has 9 heteroatoms. The van der Waals surface area contributed by atoms with Crippen LogP contribution in [0.1, 0.15) is 23.2 Å². The number of para-hydroxylation sites is 1. The monoisotopic (exact) mass is 487 g/mol. The fourth-order valence-corrected chi connectivity index (χ4v) is 4.60. The highest BCUT2D eigenvalue weighted by Crippen LogP contribution is 2.23. The SMILES string of the molecule is O=C(COc1ccccc1)N1CCC(C(=O)N2CCN(C(=O)c3ccc(F)cc3Cl)CC2)CC1. The Morgan fingerprint density at radius 3 is 2.18 bits per heavy atom. The summed E-state index contributed by atoms with van der Waals surface area (Å²) in [5, 5.41) is 0.0824. The van der Waals surface area contributed by atoms with Gasteiger partial charge in [0.1, 0.15) is 11.6 Å². The Balaban J connectivity index is 1.22. The molecular formula is C25H27ClFN3O4. The largest absolute Gasteiger partial charge is 0.484 e. The summed E-state index contributed by atoms with van der Waals surface area (Å²) in [6.45, 7) is 2.69. The molecule has 0 aliphatic carbocycles. The molecule has 34 heavy (non-hydrogen) atoms. The van der Waals surface area contributed by atoms with Gasteiger partial charge in [-0.15, -0.1) is 0 Å². The summed E-state index contributed by atoms with van der Waals surface area (Å²) in [5.74, 6) is -0.246. The molecule has 4 rings (SSSR count). The lowest BCUT2D eigenvalue weighted by Gasteiger charge is -2.38. The molecule has 7 nitrogen and oxygen atoms in total. The van der Waals surface area contributed by atoms with Crippen molar-refractivity contribution in [3.05, 3.63) is 64.9 Å². The van der Waals surface area contributed by atoms with Crippen LogP contribution in [0, 0.1) is 11.7 Å². The van der Waals surface area contributed by atoms with E-state index in [9.17, 15) is 18.8 Å². The summed E-state index contributed by atoms with van der Waals surface area (Å²) in [6.07, 6.45) is 1.22. The molecule has 0 bridgehead atoms. The first-order valence-electron chi connectivity index (χ1n) is 11.4. The van der Waals surface area contributed by atoms with Gasteiger partial charge in [0.05, 0.1) is 10.6 Å². The Morgan fingerprint density at radius 1 is 0.882 bits per heavy atom. The summed E-state index contributed by atoms with van der Waals surface area (Å²) >= 11 is 6.02. The van der Waals surface area contributed by atoms with E-state index in [4.69, 9.17) is 16.3 Å². The van der Waals surface area contributed by atoms with Crippen molar-refractivity contribution in [2.24, 2.45) is 5.92 Å². The molecule has 2 aromatic carbocycles. The summed E-state index contributed by atoms with van der Waals surface area (Å²) in [7, 11) is 0. The minimum Gasteiger partial charge on any atom is -0.484 e. The maximum atomic E-state index is 13.3. The molecule has 180 valence electrons. The second-order valence-corrected chi connectivity index (χ2v) is 8.91. The van der Waals surface area contributed by atoms with Crippen LogP contribution in [-0.2, 0) is 9.59 Å². The predicted octanol–water partition coefficient (Wildman–Crippen LogP) is 3.08. The zero-order valence-corrected chi connectivity index (χ0v) is 19.5. The lowest BCUT2D eigenvalue weighted by Crippen LogP contribution is -2.53. The predicted molar refractivity (Wildman–Crippen MR) is 125 cm³/mol. The Labute approximate surface area is 203 Å². The van der Waals surface area contributed by atoms with E-state index in [-0.39, 0.29) is 40.8 Å². The Morgan fingerprint density at radius 2 is 1.53 bits per heavy atom. The maximum absolute atomic E-state index is 13.3. The molecule has 0 N–H and O–H groups in total. The van der Waals surface area contributed by atoms with Crippen LogP contribution in [0.2, 0.25) is 5.02 Å². The van der Waals surface area contributed by atoms with Crippen molar-refractivity contribution in [2.45, 2.75) is 12.8 Å². The number of benzene rings is 2. The van der Waals surface area contributed by atoms with Crippen molar-refractivity contribution in [3.8, 4) is 5.75 Å². The van der Waals surface area contributed by atoms with Gasteiger partial charge in [-0.2, -0.15) is 0 Å². The van der Waals surface area contributed by atoms with Crippen molar-refractivity contribution in [1.82, 2.24) is 14.7 Å². The van der Waals surface area contributed by atoms with E-state index in [1.165, 1.54) is 12.1 Å². The molecule has 2 saturated heterocycles. The van der Waals surface area contributed by atoms with Gasteiger partial charge in [0, 0.05) is 45.2 Å². The second-order valence-electron chi connectivity index (χ2n) is 8.50. The number of amides is 3. The third-order valence-corrected chi connectivity index (χ3v) is 6.66. The van der Waals surface area contributed by atoms with E-state index in [1.54, 1.807) is 26.8 Å². The number of carbonyl (C=O) groups is 3. The summed E-state index contributed by atoms with van der Waals surface area (Å²) < 4.78 is 18.8. The first kappa shape index (κ1) is 24.0. The first-order chi connectivity index (χ1) is 16.4. The van der Waals surface area contributed by atoms with Gasteiger partial charge in [-0.05, 0) is 43.2 Å².